The fourth-order valence-corrected chi connectivity index (χ4v) is 4.17. The summed E-state index contributed by atoms with van der Waals surface area (Å²) in [5.74, 6) is -0.376. The van der Waals surface area contributed by atoms with E-state index in [1.165, 1.54) is 18.5 Å². The molecule has 0 saturated heterocycles. The van der Waals surface area contributed by atoms with Crippen LogP contribution in [0.5, 0.6) is 5.88 Å². The Morgan fingerprint density at radius 1 is 1.16 bits per heavy atom. The summed E-state index contributed by atoms with van der Waals surface area (Å²) in [6.45, 7) is 14.9. The SMILES string of the molecule is CCCn1nc(C)c(C(=O)c2ccc(Cl)c(C(C)=C(C)C)c2C)c1OS(=O)(=O)C(C)C. The molecule has 8 heteroatoms. The molecule has 0 saturated carbocycles. The third-order valence-corrected chi connectivity index (χ3v) is 7.16. The predicted octanol–water partition coefficient (Wildman–Crippen LogP) is 5.72. The number of ketones is 1. The molecule has 170 valence electrons. The number of aromatic nitrogens is 2. The van der Waals surface area contributed by atoms with Gasteiger partial charge < -0.3 is 4.18 Å². The highest BCUT2D eigenvalue weighted by Crippen LogP contribution is 2.34. The summed E-state index contributed by atoms with van der Waals surface area (Å²) in [5.41, 5.74) is 4.64. The van der Waals surface area contributed by atoms with Crippen LogP contribution in [-0.2, 0) is 16.7 Å². The molecule has 0 bridgehead atoms. The molecular formula is C23H31ClN2O4S. The van der Waals surface area contributed by atoms with Gasteiger partial charge in [0.05, 0.1) is 10.9 Å². The summed E-state index contributed by atoms with van der Waals surface area (Å²) in [4.78, 5) is 13.7. The third kappa shape index (κ3) is 5.04. The molecule has 0 atom stereocenters. The molecule has 0 spiro atoms. The van der Waals surface area contributed by atoms with E-state index in [2.05, 4.69) is 5.10 Å². The van der Waals surface area contributed by atoms with E-state index in [1.54, 1.807) is 19.1 Å². The Bertz CT molecular complexity index is 1140. The topological polar surface area (TPSA) is 78.3 Å². The van der Waals surface area contributed by atoms with Crippen molar-refractivity contribution in [3.05, 3.63) is 50.7 Å². The van der Waals surface area contributed by atoms with Crippen molar-refractivity contribution in [1.82, 2.24) is 9.78 Å². The summed E-state index contributed by atoms with van der Waals surface area (Å²) >= 11 is 6.46. The number of carbonyl (C=O) groups excluding carboxylic acids is 1. The van der Waals surface area contributed by atoms with Crippen molar-refractivity contribution in [3.8, 4) is 5.88 Å². The number of nitrogens with zero attached hydrogens (tertiary/aromatic N) is 2. The van der Waals surface area contributed by atoms with Crippen LogP contribution >= 0.6 is 11.6 Å². The van der Waals surface area contributed by atoms with Crippen LogP contribution in [0.2, 0.25) is 5.02 Å². The average molecular weight is 467 g/mol. The molecule has 2 aromatic rings. The van der Waals surface area contributed by atoms with Gasteiger partial charge in [-0.05, 0) is 83.7 Å². The van der Waals surface area contributed by atoms with Crippen LogP contribution in [0.3, 0.4) is 0 Å². The first kappa shape index (κ1) is 25.1. The van der Waals surface area contributed by atoms with Gasteiger partial charge in [-0.15, -0.1) is 0 Å². The standard InChI is InChI=1S/C23H31ClN2O4S/c1-9-12-26-23(30-31(28,29)14(4)5)21(17(8)25-26)22(27)18-10-11-19(24)20(16(18)7)15(6)13(2)3/h10-11,14H,9,12H2,1-8H3. The van der Waals surface area contributed by atoms with Crippen LogP contribution in [0.15, 0.2) is 17.7 Å². The van der Waals surface area contributed by atoms with Gasteiger partial charge in [0, 0.05) is 17.1 Å². The summed E-state index contributed by atoms with van der Waals surface area (Å²) in [6.07, 6.45) is 0.705. The Morgan fingerprint density at radius 3 is 2.29 bits per heavy atom. The van der Waals surface area contributed by atoms with Crippen molar-refractivity contribution < 1.29 is 17.4 Å². The zero-order chi connectivity index (χ0) is 23.7. The molecule has 0 unspecified atom stereocenters. The van der Waals surface area contributed by atoms with Gasteiger partial charge in [-0.3, -0.25) is 4.79 Å². The second-order valence-corrected chi connectivity index (χ2v) is 10.7. The van der Waals surface area contributed by atoms with Crippen molar-refractivity contribution in [2.75, 3.05) is 0 Å². The van der Waals surface area contributed by atoms with E-state index < -0.39 is 15.4 Å². The summed E-state index contributed by atoms with van der Waals surface area (Å²) < 4.78 is 31.9. The van der Waals surface area contributed by atoms with E-state index in [4.69, 9.17) is 15.8 Å². The second-order valence-electron chi connectivity index (χ2n) is 8.16. The van der Waals surface area contributed by atoms with Crippen molar-refractivity contribution in [1.29, 1.82) is 0 Å². The minimum Gasteiger partial charge on any atom is -0.361 e. The lowest BCUT2D eigenvalue weighted by Gasteiger charge is -2.16. The van der Waals surface area contributed by atoms with Crippen LogP contribution < -0.4 is 4.18 Å². The van der Waals surface area contributed by atoms with Gasteiger partial charge in [0.1, 0.15) is 5.56 Å². The Morgan fingerprint density at radius 2 is 1.77 bits per heavy atom. The summed E-state index contributed by atoms with van der Waals surface area (Å²) in [5, 5.41) is 4.20. The van der Waals surface area contributed by atoms with Gasteiger partial charge in [-0.25, -0.2) is 4.68 Å². The van der Waals surface area contributed by atoms with Crippen LogP contribution in [0.25, 0.3) is 5.57 Å². The van der Waals surface area contributed by atoms with Crippen LogP contribution in [0.4, 0.5) is 0 Å². The molecule has 1 aromatic carbocycles. The van der Waals surface area contributed by atoms with Crippen LogP contribution in [0, 0.1) is 13.8 Å². The molecule has 31 heavy (non-hydrogen) atoms. The van der Waals surface area contributed by atoms with E-state index in [-0.39, 0.29) is 17.2 Å². The monoisotopic (exact) mass is 466 g/mol. The number of allylic oxidation sites excluding steroid dienone is 2. The zero-order valence-electron chi connectivity index (χ0n) is 19.5. The maximum absolute atomic E-state index is 13.7. The largest absolute Gasteiger partial charge is 0.361 e. The minimum absolute atomic E-state index is 0.0344. The van der Waals surface area contributed by atoms with Crippen molar-refractivity contribution >= 4 is 33.1 Å². The summed E-state index contributed by atoms with van der Waals surface area (Å²) in [7, 11) is -3.91. The van der Waals surface area contributed by atoms with E-state index in [1.807, 2.05) is 34.6 Å². The molecule has 0 aliphatic heterocycles. The maximum atomic E-state index is 13.7. The smallest absolute Gasteiger partial charge is 0.313 e. The highest BCUT2D eigenvalue weighted by molar-refractivity contribution is 7.87. The third-order valence-electron chi connectivity index (χ3n) is 5.30. The molecule has 0 fully saturated rings. The normalized spacial score (nSPS) is 11.7. The van der Waals surface area contributed by atoms with Gasteiger partial charge in [0.15, 0.2) is 0 Å². The van der Waals surface area contributed by atoms with E-state index >= 15 is 0 Å². The lowest BCUT2D eigenvalue weighted by molar-refractivity contribution is 0.103. The van der Waals surface area contributed by atoms with E-state index in [0.29, 0.717) is 29.2 Å². The van der Waals surface area contributed by atoms with E-state index in [0.717, 1.165) is 22.3 Å². The first-order valence-electron chi connectivity index (χ1n) is 10.3. The Labute approximate surface area is 190 Å². The first-order chi connectivity index (χ1) is 14.3. The molecule has 1 aromatic heterocycles. The van der Waals surface area contributed by atoms with Crippen LogP contribution in [0.1, 0.15) is 80.7 Å². The number of hydrogen-bond acceptors (Lipinski definition) is 5. The molecule has 0 amide bonds. The summed E-state index contributed by atoms with van der Waals surface area (Å²) in [6, 6.07) is 3.36. The Kier molecular flexibility index (Phi) is 7.76. The molecule has 0 aliphatic carbocycles. The molecule has 6 nitrogen and oxygen atoms in total. The number of hydrogen-bond donors (Lipinski definition) is 0. The quantitative estimate of drug-likeness (QED) is 0.367. The Balaban J connectivity index is 2.74. The van der Waals surface area contributed by atoms with E-state index in [9.17, 15) is 13.2 Å². The fourth-order valence-electron chi connectivity index (χ4n) is 3.25. The van der Waals surface area contributed by atoms with Crippen molar-refractivity contribution in [2.45, 2.75) is 73.6 Å². The highest BCUT2D eigenvalue weighted by atomic mass is 35.5. The number of benzene rings is 1. The van der Waals surface area contributed by atoms with Gasteiger partial charge in [-0.1, -0.05) is 24.1 Å². The first-order valence-corrected chi connectivity index (χ1v) is 12.2. The van der Waals surface area contributed by atoms with Gasteiger partial charge in [-0.2, -0.15) is 13.5 Å². The zero-order valence-corrected chi connectivity index (χ0v) is 21.0. The van der Waals surface area contributed by atoms with Gasteiger partial charge in [0.2, 0.25) is 11.7 Å². The predicted molar refractivity (Wildman–Crippen MR) is 126 cm³/mol. The lowest BCUT2D eigenvalue weighted by atomic mass is 9.91. The number of rotatable bonds is 8. The fraction of sp³-hybridized carbons (Fsp3) is 0.478. The van der Waals surface area contributed by atoms with Gasteiger partial charge in [0.25, 0.3) is 0 Å². The molecule has 0 aliphatic rings. The minimum atomic E-state index is -3.91. The number of aryl methyl sites for hydroxylation is 2. The average Bonchev–Trinajstić information content (AvgIpc) is 2.95. The molecule has 2 rings (SSSR count). The molecule has 1 heterocycles. The van der Waals surface area contributed by atoms with Crippen molar-refractivity contribution in [3.63, 3.8) is 0 Å². The van der Waals surface area contributed by atoms with Crippen LogP contribution in [-0.4, -0.2) is 29.2 Å². The molecular weight excluding hydrogens is 436 g/mol. The maximum Gasteiger partial charge on any atom is 0.313 e. The number of halogens is 1. The lowest BCUT2D eigenvalue weighted by Crippen LogP contribution is -2.23. The van der Waals surface area contributed by atoms with Crippen molar-refractivity contribution in [2.24, 2.45) is 0 Å². The number of carbonyl (C=O) groups is 1. The Hall–Kier alpha value is -2.12. The second kappa shape index (κ2) is 9.57. The molecule has 0 N–H and O–H groups in total. The van der Waals surface area contributed by atoms with Gasteiger partial charge >= 0.3 is 10.1 Å². The molecule has 0 radical (unpaired) electrons. The highest BCUT2D eigenvalue weighted by Gasteiger charge is 2.30.